The Kier molecular flexibility index (Phi) is 21.4. The van der Waals surface area contributed by atoms with Gasteiger partial charge in [-0.1, -0.05) is 65.5 Å². The molecule has 16 nitrogen and oxygen atoms in total. The Morgan fingerprint density at radius 1 is 0.767 bits per heavy atom. The van der Waals surface area contributed by atoms with E-state index in [4.69, 9.17) is 14.2 Å². The number of amides is 6. The van der Waals surface area contributed by atoms with Crippen LogP contribution in [-0.2, 0) is 28.6 Å². The predicted octanol–water partition coefficient (Wildman–Crippen LogP) is 9.25. The van der Waals surface area contributed by atoms with Gasteiger partial charge in [0.25, 0.3) is 0 Å². The number of ether oxygens (including phenoxy) is 3. The maximum atomic E-state index is 14.4. The molecule has 4 aliphatic carbocycles. The van der Waals surface area contributed by atoms with Crippen LogP contribution >= 0.6 is 0 Å². The first-order chi connectivity index (χ1) is 34.2. The van der Waals surface area contributed by atoms with Crippen molar-refractivity contribution in [3.05, 3.63) is 11.6 Å². The summed E-state index contributed by atoms with van der Waals surface area (Å²) >= 11 is 0. The highest BCUT2D eigenvalue weighted by Gasteiger charge is 2.59. The molecular formula is C57H99N7O9. The lowest BCUT2D eigenvalue weighted by Gasteiger charge is -2.58. The van der Waals surface area contributed by atoms with Gasteiger partial charge in [-0.2, -0.15) is 0 Å². The molecule has 0 radical (unpaired) electrons. The summed E-state index contributed by atoms with van der Waals surface area (Å²) in [4.78, 5) is 83.2. The van der Waals surface area contributed by atoms with Crippen LogP contribution in [0.3, 0.4) is 0 Å². The summed E-state index contributed by atoms with van der Waals surface area (Å²) in [7, 11) is 3.79. The predicted molar refractivity (Wildman–Crippen MR) is 285 cm³/mol. The zero-order valence-corrected chi connectivity index (χ0v) is 47.5. The van der Waals surface area contributed by atoms with Gasteiger partial charge in [0.05, 0.1) is 0 Å². The average Bonchev–Trinajstić information content (AvgIpc) is 3.86. The molecule has 4 unspecified atom stereocenters. The van der Waals surface area contributed by atoms with Gasteiger partial charge in [-0.3, -0.25) is 14.4 Å². The van der Waals surface area contributed by atoms with Crippen molar-refractivity contribution in [1.29, 1.82) is 0 Å². The Hall–Kier alpha value is -4.08. The molecule has 416 valence electrons. The third-order valence-corrected chi connectivity index (χ3v) is 17.1. The van der Waals surface area contributed by atoms with Crippen molar-refractivity contribution in [3.63, 3.8) is 0 Å². The Labute approximate surface area is 439 Å². The van der Waals surface area contributed by atoms with Crippen LogP contribution in [0.1, 0.15) is 185 Å². The first-order valence-corrected chi connectivity index (χ1v) is 28.3. The summed E-state index contributed by atoms with van der Waals surface area (Å²) in [6, 6.07) is -2.46. The smallest absolute Gasteiger partial charge is 0.408 e. The minimum atomic E-state index is -1.04. The molecule has 1 aliphatic heterocycles. The average molecular weight is 1030 g/mol. The van der Waals surface area contributed by atoms with Crippen LogP contribution < -0.4 is 26.6 Å². The molecule has 1 saturated heterocycles. The SMILES string of the molecule is CC(C)CCC[C@@H](C)[C@H]1CCC2C3CC=C4CC(OC(=O)NCCCC(=O)N[C@H]5C[C@@H](C(=O)NCCN(C)C)N(C(=O)[C@@H](CCCCNC(=O)OC(C)(C)C)NC(=O)OC(C)(C)C)C5)CC[C@]4(C)C3CC[C@@]21C. The molecule has 73 heavy (non-hydrogen) atoms. The fourth-order valence-corrected chi connectivity index (χ4v) is 13.5. The molecule has 3 saturated carbocycles. The van der Waals surface area contributed by atoms with Gasteiger partial charge in [0.1, 0.15) is 29.4 Å². The number of nitrogens with zero attached hydrogens (tertiary/aromatic N) is 2. The Bertz CT molecular complexity index is 1910. The van der Waals surface area contributed by atoms with E-state index in [0.29, 0.717) is 50.2 Å². The van der Waals surface area contributed by atoms with E-state index in [9.17, 15) is 28.8 Å². The highest BCUT2D eigenvalue weighted by molar-refractivity contribution is 5.92. The summed E-state index contributed by atoms with van der Waals surface area (Å²) in [6.07, 6.45) is 15.7. The minimum Gasteiger partial charge on any atom is -0.446 e. The highest BCUT2D eigenvalue weighted by Crippen LogP contribution is 2.67. The van der Waals surface area contributed by atoms with Gasteiger partial charge in [-0.05, 0) is 179 Å². The van der Waals surface area contributed by atoms with Crippen LogP contribution in [0.4, 0.5) is 14.4 Å². The molecule has 0 aromatic rings. The van der Waals surface area contributed by atoms with Crippen LogP contribution in [0, 0.1) is 46.3 Å². The zero-order chi connectivity index (χ0) is 53.9. The van der Waals surface area contributed by atoms with Gasteiger partial charge >= 0.3 is 18.3 Å². The van der Waals surface area contributed by atoms with Crippen LogP contribution in [0.2, 0.25) is 0 Å². The lowest BCUT2D eigenvalue weighted by atomic mass is 9.47. The Balaban J connectivity index is 1.10. The number of rotatable bonds is 22. The molecule has 11 atom stereocenters. The van der Waals surface area contributed by atoms with Gasteiger partial charge in [-0.15, -0.1) is 0 Å². The first-order valence-electron chi connectivity index (χ1n) is 28.3. The molecule has 0 spiro atoms. The number of alkyl carbamates (subject to hydrolysis) is 3. The number of carbonyl (C=O) groups excluding carboxylic acids is 6. The monoisotopic (exact) mass is 1030 g/mol. The van der Waals surface area contributed by atoms with Crippen LogP contribution in [0.5, 0.6) is 0 Å². The van der Waals surface area contributed by atoms with E-state index < -0.39 is 53.5 Å². The van der Waals surface area contributed by atoms with Gasteiger partial charge in [0.15, 0.2) is 0 Å². The molecule has 0 aromatic heterocycles. The standard InChI is InChI=1S/C57H99N7O9/c1-37(2)18-16-19-38(3)43-24-25-44-42-23-22-39-34-41(26-28-56(39,10)45(42)27-29-57(43,44)11)71-51(68)59-31-17-21-48(65)61-40-35-47(49(66)58-32-33-63(12)13)64(36-40)50(67)46(62-53(70)73-55(7,8)9)20-14-15-30-60-52(69)72-54(4,5)6/h22,37-38,40-47H,14-21,23-36H2,1-13H3,(H,58,66)(H,59,68)(H,60,69)(H,61,65)(H,62,70)/t38-,40+,41?,42?,43-,44?,45?,46-,47+,56+,57-/m1/s1. The second kappa shape index (κ2) is 26.1. The summed E-state index contributed by atoms with van der Waals surface area (Å²) in [5, 5.41) is 14.3. The molecule has 0 bridgehead atoms. The number of fused-ring (bicyclic) bond motifs is 5. The van der Waals surface area contributed by atoms with Crippen molar-refractivity contribution in [2.75, 3.05) is 46.8 Å². The van der Waals surface area contributed by atoms with Crippen molar-refractivity contribution in [2.24, 2.45) is 46.3 Å². The first kappa shape index (κ1) is 59.8. The van der Waals surface area contributed by atoms with Gasteiger partial charge in [0.2, 0.25) is 17.7 Å². The second-order valence-electron chi connectivity index (χ2n) is 25.8. The molecule has 5 N–H and O–H groups in total. The fourth-order valence-electron chi connectivity index (χ4n) is 13.5. The van der Waals surface area contributed by atoms with Gasteiger partial charge in [0, 0.05) is 51.6 Å². The number of nitrogens with one attached hydrogen (secondary N) is 5. The number of carbonyl (C=O) groups is 6. The highest BCUT2D eigenvalue weighted by atomic mass is 16.6. The van der Waals surface area contributed by atoms with E-state index in [1.807, 2.05) is 19.0 Å². The normalized spacial score (nSPS) is 28.7. The molecule has 0 aromatic carbocycles. The topological polar surface area (TPSA) is 197 Å². The number of allylic oxidation sites excluding steroid dienone is 1. The summed E-state index contributed by atoms with van der Waals surface area (Å²) in [5.41, 5.74) is 0.631. The second-order valence-corrected chi connectivity index (χ2v) is 25.8. The largest absolute Gasteiger partial charge is 0.446 e. The Morgan fingerprint density at radius 2 is 1.45 bits per heavy atom. The summed E-state index contributed by atoms with van der Waals surface area (Å²) in [5.74, 6) is 3.57. The van der Waals surface area contributed by atoms with Crippen molar-refractivity contribution < 1.29 is 43.0 Å². The van der Waals surface area contributed by atoms with E-state index in [-0.39, 0.29) is 55.7 Å². The quantitative estimate of drug-likeness (QED) is 0.0396. The molecule has 16 heteroatoms. The lowest BCUT2D eigenvalue weighted by Crippen LogP contribution is -2.54. The number of likely N-dealkylation sites (tertiary alicyclic amines) is 1. The van der Waals surface area contributed by atoms with Crippen LogP contribution in [0.15, 0.2) is 11.6 Å². The third kappa shape index (κ3) is 17.2. The van der Waals surface area contributed by atoms with Crippen LogP contribution in [0.25, 0.3) is 0 Å². The fraction of sp³-hybridized carbons (Fsp3) is 0.860. The van der Waals surface area contributed by atoms with Gasteiger partial charge in [-0.25, -0.2) is 14.4 Å². The van der Waals surface area contributed by atoms with E-state index >= 15 is 0 Å². The molecule has 5 aliphatic rings. The zero-order valence-electron chi connectivity index (χ0n) is 47.5. The number of hydrogen-bond donors (Lipinski definition) is 5. The molecular weight excluding hydrogens is 927 g/mol. The summed E-state index contributed by atoms with van der Waals surface area (Å²) in [6.45, 7) is 24.5. The van der Waals surface area contributed by atoms with E-state index in [1.165, 1.54) is 55.4 Å². The van der Waals surface area contributed by atoms with Crippen molar-refractivity contribution in [2.45, 2.75) is 221 Å². The van der Waals surface area contributed by atoms with Crippen molar-refractivity contribution in [3.8, 4) is 0 Å². The van der Waals surface area contributed by atoms with E-state index in [0.717, 1.165) is 55.3 Å². The molecule has 1 heterocycles. The van der Waals surface area contributed by atoms with Crippen LogP contribution in [-0.4, -0.2) is 128 Å². The third-order valence-electron chi connectivity index (χ3n) is 17.1. The number of hydrogen-bond acceptors (Lipinski definition) is 10. The number of likely N-dealkylation sites (N-methyl/N-ethyl adjacent to an activating group) is 1. The number of unbranched alkanes of at least 4 members (excludes halogenated alkanes) is 1. The van der Waals surface area contributed by atoms with E-state index in [1.54, 1.807) is 41.5 Å². The lowest BCUT2D eigenvalue weighted by molar-refractivity contribution is -0.140. The molecule has 4 fully saturated rings. The van der Waals surface area contributed by atoms with Crippen molar-refractivity contribution in [1.82, 2.24) is 36.4 Å². The summed E-state index contributed by atoms with van der Waals surface area (Å²) < 4.78 is 16.8. The molecule has 5 rings (SSSR count). The Morgan fingerprint density at radius 3 is 2.14 bits per heavy atom. The molecule has 6 amide bonds. The maximum absolute atomic E-state index is 14.4. The minimum absolute atomic E-state index is 0.0598. The maximum Gasteiger partial charge on any atom is 0.408 e. The van der Waals surface area contributed by atoms with Crippen molar-refractivity contribution >= 4 is 36.0 Å². The van der Waals surface area contributed by atoms with Gasteiger partial charge < -0.3 is 50.6 Å². The van der Waals surface area contributed by atoms with E-state index in [2.05, 4.69) is 67.3 Å².